The van der Waals surface area contributed by atoms with Crippen LogP contribution < -0.4 is 10.5 Å². The van der Waals surface area contributed by atoms with Gasteiger partial charge in [0.25, 0.3) is 5.69 Å². The number of anilines is 1. The minimum Gasteiger partial charge on any atom is -0.421 e. The zero-order valence-electron chi connectivity index (χ0n) is 18.6. The number of aldehydes is 1. The molecule has 5 aromatic rings. The molecule has 0 spiro atoms. The van der Waals surface area contributed by atoms with Crippen LogP contribution in [0.1, 0.15) is 10.4 Å². The summed E-state index contributed by atoms with van der Waals surface area (Å²) >= 11 is 0. The van der Waals surface area contributed by atoms with Gasteiger partial charge in [-0.3, -0.25) is 14.9 Å². The first-order valence-electron chi connectivity index (χ1n) is 10.5. The number of nitrogens with two attached hydrogens (primary N) is 1. The lowest BCUT2D eigenvalue weighted by Crippen LogP contribution is -2.00. The standard InChI is InChI=1S/C24H16FN7O4/c1-31-21(13-3-5-14(6-4-13)32(34)35)18(19-22(26)29-12-30-23(19)31)15-7-8-17(20(25)16(15)11-33)36-24-27-9-2-10-28-24/h2-12H,1H3,(H2,26,29,30). The van der Waals surface area contributed by atoms with E-state index in [1.54, 1.807) is 29.8 Å². The Labute approximate surface area is 202 Å². The van der Waals surface area contributed by atoms with Crippen LogP contribution >= 0.6 is 0 Å². The van der Waals surface area contributed by atoms with Crippen LogP contribution in [0.25, 0.3) is 33.4 Å². The molecule has 11 nitrogen and oxygen atoms in total. The second-order valence-electron chi connectivity index (χ2n) is 7.63. The fraction of sp³-hybridized carbons (Fsp3) is 0.0417. The number of aromatic nitrogens is 5. The molecule has 0 bridgehead atoms. The first kappa shape index (κ1) is 22.5. The quantitative estimate of drug-likeness (QED) is 0.210. The van der Waals surface area contributed by atoms with Crippen molar-refractivity contribution < 1.29 is 18.8 Å². The molecule has 0 aliphatic carbocycles. The zero-order chi connectivity index (χ0) is 25.4. The lowest BCUT2D eigenvalue weighted by Gasteiger charge is -2.13. The number of fused-ring (bicyclic) bond motifs is 1. The summed E-state index contributed by atoms with van der Waals surface area (Å²) < 4.78 is 22.7. The van der Waals surface area contributed by atoms with E-state index in [0.29, 0.717) is 34.1 Å². The van der Waals surface area contributed by atoms with E-state index in [1.807, 2.05) is 0 Å². The minimum absolute atomic E-state index is 0.0876. The number of nitro groups is 1. The lowest BCUT2D eigenvalue weighted by atomic mass is 9.94. The number of ether oxygens (including phenoxy) is 1. The van der Waals surface area contributed by atoms with Gasteiger partial charge in [-0.25, -0.2) is 24.3 Å². The van der Waals surface area contributed by atoms with Gasteiger partial charge in [0.2, 0.25) is 0 Å². The molecular formula is C24H16FN7O4. The third-order valence-corrected chi connectivity index (χ3v) is 5.62. The summed E-state index contributed by atoms with van der Waals surface area (Å²) in [5, 5.41) is 11.5. The SMILES string of the molecule is Cn1c(-c2ccc([N+](=O)[O-])cc2)c(-c2ccc(Oc3ncccn3)c(F)c2C=O)c2c(N)ncnc21. The molecule has 0 saturated heterocycles. The minimum atomic E-state index is -0.919. The van der Waals surface area contributed by atoms with Crippen LogP contribution in [0, 0.1) is 15.9 Å². The topological polar surface area (TPSA) is 152 Å². The Morgan fingerprint density at radius 1 is 1.08 bits per heavy atom. The van der Waals surface area contributed by atoms with E-state index in [1.165, 1.54) is 43.0 Å². The van der Waals surface area contributed by atoms with Crippen LogP contribution in [0.5, 0.6) is 11.8 Å². The van der Waals surface area contributed by atoms with Crippen molar-refractivity contribution in [3.05, 3.63) is 82.7 Å². The molecule has 3 aromatic heterocycles. The molecule has 0 atom stereocenters. The summed E-state index contributed by atoms with van der Waals surface area (Å²) in [6.07, 6.45) is 4.54. The number of nitro benzene ring substituents is 1. The maximum atomic E-state index is 15.5. The number of benzene rings is 2. The molecule has 36 heavy (non-hydrogen) atoms. The second-order valence-corrected chi connectivity index (χ2v) is 7.63. The number of carbonyl (C=O) groups is 1. The summed E-state index contributed by atoms with van der Waals surface area (Å²) in [5.41, 5.74) is 7.92. The summed E-state index contributed by atoms with van der Waals surface area (Å²) in [5.74, 6) is -1.04. The van der Waals surface area contributed by atoms with Crippen LogP contribution in [0.2, 0.25) is 0 Å². The van der Waals surface area contributed by atoms with Crippen molar-refractivity contribution in [3.8, 4) is 34.1 Å². The highest BCUT2D eigenvalue weighted by Crippen LogP contribution is 2.44. The Bertz CT molecular complexity index is 1640. The van der Waals surface area contributed by atoms with Gasteiger partial charge < -0.3 is 15.0 Å². The number of nitrogens with zero attached hydrogens (tertiary/aromatic N) is 6. The van der Waals surface area contributed by atoms with Crippen LogP contribution in [0.3, 0.4) is 0 Å². The Morgan fingerprint density at radius 3 is 2.47 bits per heavy atom. The van der Waals surface area contributed by atoms with Crippen LogP contribution in [-0.2, 0) is 7.05 Å². The molecule has 2 aromatic carbocycles. The van der Waals surface area contributed by atoms with Gasteiger partial charge in [-0.15, -0.1) is 0 Å². The van der Waals surface area contributed by atoms with Crippen molar-refractivity contribution in [2.24, 2.45) is 7.05 Å². The van der Waals surface area contributed by atoms with E-state index in [-0.39, 0.29) is 34.4 Å². The number of nitrogen functional groups attached to an aromatic ring is 1. The van der Waals surface area contributed by atoms with E-state index < -0.39 is 10.7 Å². The fourth-order valence-electron chi connectivity index (χ4n) is 4.04. The first-order chi connectivity index (χ1) is 17.4. The molecule has 12 heteroatoms. The Balaban J connectivity index is 1.77. The summed E-state index contributed by atoms with van der Waals surface area (Å²) in [6, 6.07) is 10.2. The van der Waals surface area contributed by atoms with Gasteiger partial charge in [-0.2, -0.15) is 0 Å². The molecule has 2 N–H and O–H groups in total. The number of halogens is 1. The largest absolute Gasteiger partial charge is 0.421 e. The average molecular weight is 485 g/mol. The van der Waals surface area contributed by atoms with Crippen LogP contribution in [-0.4, -0.2) is 35.7 Å². The predicted octanol–water partition coefficient (Wildman–Crippen LogP) is 4.33. The predicted molar refractivity (Wildman–Crippen MR) is 128 cm³/mol. The number of carbonyl (C=O) groups excluding carboxylic acids is 1. The highest BCUT2D eigenvalue weighted by molar-refractivity contribution is 6.10. The number of hydrogen-bond donors (Lipinski definition) is 1. The molecule has 5 rings (SSSR count). The second kappa shape index (κ2) is 8.83. The van der Waals surface area contributed by atoms with E-state index in [4.69, 9.17) is 10.5 Å². The zero-order valence-corrected chi connectivity index (χ0v) is 18.6. The third-order valence-electron chi connectivity index (χ3n) is 5.62. The third kappa shape index (κ3) is 3.66. The van der Waals surface area contributed by atoms with E-state index >= 15 is 4.39 Å². The smallest absolute Gasteiger partial charge is 0.321 e. The normalized spacial score (nSPS) is 10.9. The molecule has 0 aliphatic heterocycles. The monoisotopic (exact) mass is 485 g/mol. The number of rotatable bonds is 6. The average Bonchev–Trinajstić information content (AvgIpc) is 3.19. The van der Waals surface area contributed by atoms with Gasteiger partial charge in [0, 0.05) is 37.1 Å². The van der Waals surface area contributed by atoms with Gasteiger partial charge in [-0.05, 0) is 41.5 Å². The molecule has 0 fully saturated rings. The Kier molecular flexibility index (Phi) is 5.53. The molecule has 0 saturated carbocycles. The van der Waals surface area contributed by atoms with Crippen molar-refractivity contribution >= 4 is 28.8 Å². The van der Waals surface area contributed by atoms with Crippen LogP contribution in [0.4, 0.5) is 15.9 Å². The highest BCUT2D eigenvalue weighted by Gasteiger charge is 2.26. The van der Waals surface area contributed by atoms with Gasteiger partial charge >= 0.3 is 6.01 Å². The maximum Gasteiger partial charge on any atom is 0.321 e. The maximum absolute atomic E-state index is 15.5. The molecule has 0 unspecified atom stereocenters. The first-order valence-corrected chi connectivity index (χ1v) is 10.5. The van der Waals surface area contributed by atoms with Gasteiger partial charge in [0.05, 0.1) is 21.6 Å². The Morgan fingerprint density at radius 2 is 1.81 bits per heavy atom. The van der Waals surface area contributed by atoms with E-state index in [0.717, 1.165) is 0 Å². The van der Waals surface area contributed by atoms with E-state index in [2.05, 4.69) is 19.9 Å². The molecular weight excluding hydrogens is 469 g/mol. The van der Waals surface area contributed by atoms with Crippen molar-refractivity contribution in [2.45, 2.75) is 0 Å². The van der Waals surface area contributed by atoms with Gasteiger partial charge in [0.15, 0.2) is 17.9 Å². The highest BCUT2D eigenvalue weighted by atomic mass is 19.1. The lowest BCUT2D eigenvalue weighted by molar-refractivity contribution is -0.384. The van der Waals surface area contributed by atoms with Crippen molar-refractivity contribution in [1.29, 1.82) is 0 Å². The molecule has 0 aliphatic rings. The summed E-state index contributed by atoms with van der Waals surface area (Å²) in [7, 11) is 1.72. The van der Waals surface area contributed by atoms with Crippen molar-refractivity contribution in [2.75, 3.05) is 5.73 Å². The van der Waals surface area contributed by atoms with E-state index in [9.17, 15) is 14.9 Å². The summed E-state index contributed by atoms with van der Waals surface area (Å²) in [4.78, 5) is 39.0. The molecule has 0 radical (unpaired) electrons. The summed E-state index contributed by atoms with van der Waals surface area (Å²) in [6.45, 7) is 0. The number of hydrogen-bond acceptors (Lipinski definition) is 9. The number of non-ortho nitro benzene ring substituents is 1. The van der Waals surface area contributed by atoms with Gasteiger partial charge in [0.1, 0.15) is 17.8 Å². The van der Waals surface area contributed by atoms with Crippen molar-refractivity contribution in [3.63, 3.8) is 0 Å². The van der Waals surface area contributed by atoms with Gasteiger partial charge in [-0.1, -0.05) is 0 Å². The molecule has 0 amide bonds. The number of aryl methyl sites for hydroxylation is 1. The van der Waals surface area contributed by atoms with Crippen LogP contribution in [0.15, 0.2) is 61.2 Å². The molecule has 178 valence electrons. The Hall–Kier alpha value is -5.26. The fourth-order valence-corrected chi connectivity index (χ4v) is 4.04. The molecule has 3 heterocycles. The van der Waals surface area contributed by atoms with Crippen molar-refractivity contribution in [1.82, 2.24) is 24.5 Å².